The normalized spacial score (nSPS) is 15.4. The van der Waals surface area contributed by atoms with Crippen LogP contribution in [0.2, 0.25) is 5.02 Å². The number of carbonyl (C=O) groups excluding carboxylic acids is 1. The number of hydrogen-bond donors (Lipinski definition) is 1. The summed E-state index contributed by atoms with van der Waals surface area (Å²) in [6.45, 7) is 0.553. The molecule has 2 rings (SSSR count). The zero-order valence-corrected chi connectivity index (χ0v) is 13.7. The maximum Gasteiger partial charge on any atom is 0.265 e. The second-order valence-corrected chi connectivity index (χ2v) is 7.90. The smallest absolute Gasteiger partial charge is 0.265 e. The van der Waals surface area contributed by atoms with Gasteiger partial charge in [-0.1, -0.05) is 18.0 Å². The third kappa shape index (κ3) is 3.81. The Kier molecular flexibility index (Phi) is 5.01. The fourth-order valence-electron chi connectivity index (χ4n) is 2.16. The van der Waals surface area contributed by atoms with Crippen molar-refractivity contribution < 1.29 is 17.9 Å². The van der Waals surface area contributed by atoms with Crippen molar-refractivity contribution in [1.82, 2.24) is 5.32 Å². The molecule has 1 N–H and O–H groups in total. The van der Waals surface area contributed by atoms with E-state index in [1.165, 1.54) is 19.6 Å². The van der Waals surface area contributed by atoms with Crippen LogP contribution in [-0.2, 0) is 9.05 Å². The number of amides is 1. The minimum atomic E-state index is -4.07. The number of halogens is 2. The molecule has 1 saturated carbocycles. The molecule has 1 aromatic carbocycles. The first kappa shape index (κ1) is 16.4. The highest BCUT2D eigenvalue weighted by atomic mass is 35.7. The summed E-state index contributed by atoms with van der Waals surface area (Å²) in [5.74, 6) is -0.0429. The van der Waals surface area contributed by atoms with E-state index in [9.17, 15) is 13.2 Å². The summed E-state index contributed by atoms with van der Waals surface area (Å²) in [5.41, 5.74) is 0.0588. The molecule has 1 amide bonds. The van der Waals surface area contributed by atoms with Crippen LogP contribution in [0.4, 0.5) is 0 Å². The fourth-order valence-corrected chi connectivity index (χ4v) is 3.47. The van der Waals surface area contributed by atoms with Crippen molar-refractivity contribution in [2.24, 2.45) is 5.92 Å². The minimum Gasteiger partial charge on any atom is -0.494 e. The van der Waals surface area contributed by atoms with Crippen molar-refractivity contribution in [2.75, 3.05) is 13.7 Å². The molecule has 5 nitrogen and oxygen atoms in total. The van der Waals surface area contributed by atoms with Gasteiger partial charge in [-0.15, -0.1) is 0 Å². The Bertz CT molecular complexity index is 656. The molecule has 0 saturated heterocycles. The summed E-state index contributed by atoms with van der Waals surface area (Å²) < 4.78 is 28.2. The van der Waals surface area contributed by atoms with Gasteiger partial charge in [0.25, 0.3) is 15.0 Å². The average molecular weight is 352 g/mol. The number of ether oxygens (including phenoxy) is 1. The highest BCUT2D eigenvalue weighted by molar-refractivity contribution is 8.13. The Balaban J connectivity index is 2.32. The first-order chi connectivity index (χ1) is 9.82. The van der Waals surface area contributed by atoms with E-state index in [2.05, 4.69) is 5.32 Å². The maximum atomic E-state index is 12.2. The van der Waals surface area contributed by atoms with Crippen LogP contribution in [0, 0.1) is 5.92 Å². The largest absolute Gasteiger partial charge is 0.494 e. The average Bonchev–Trinajstić information content (AvgIpc) is 2.34. The van der Waals surface area contributed by atoms with Crippen molar-refractivity contribution in [2.45, 2.75) is 24.2 Å². The van der Waals surface area contributed by atoms with Crippen LogP contribution < -0.4 is 10.1 Å². The number of methoxy groups -OCH3 is 1. The maximum absolute atomic E-state index is 12.2. The molecular formula is C13H15Cl2NO4S. The second kappa shape index (κ2) is 6.42. The van der Waals surface area contributed by atoms with E-state index >= 15 is 0 Å². The van der Waals surface area contributed by atoms with E-state index in [1.54, 1.807) is 0 Å². The van der Waals surface area contributed by atoms with Crippen LogP contribution in [-0.4, -0.2) is 28.0 Å². The Morgan fingerprint density at radius 2 is 2.10 bits per heavy atom. The molecule has 1 aromatic rings. The number of benzene rings is 1. The monoisotopic (exact) mass is 351 g/mol. The van der Waals surface area contributed by atoms with E-state index in [-0.39, 0.29) is 21.2 Å². The quantitative estimate of drug-likeness (QED) is 0.827. The van der Waals surface area contributed by atoms with Crippen molar-refractivity contribution >= 4 is 37.2 Å². The summed E-state index contributed by atoms with van der Waals surface area (Å²) in [6, 6.07) is 2.52. The number of hydrogen-bond acceptors (Lipinski definition) is 4. The molecule has 8 heteroatoms. The highest BCUT2D eigenvalue weighted by Crippen LogP contribution is 2.34. The van der Waals surface area contributed by atoms with E-state index in [1.807, 2.05) is 0 Å². The van der Waals surface area contributed by atoms with E-state index < -0.39 is 15.0 Å². The molecule has 116 valence electrons. The van der Waals surface area contributed by atoms with Crippen LogP contribution in [0.15, 0.2) is 17.0 Å². The number of rotatable bonds is 5. The summed E-state index contributed by atoms with van der Waals surface area (Å²) in [7, 11) is 2.56. The van der Waals surface area contributed by atoms with Gasteiger partial charge in [0.05, 0.1) is 12.7 Å². The summed E-state index contributed by atoms with van der Waals surface area (Å²) in [6.07, 6.45) is 3.36. The van der Waals surface area contributed by atoms with Gasteiger partial charge in [-0.25, -0.2) is 8.42 Å². The van der Waals surface area contributed by atoms with Gasteiger partial charge >= 0.3 is 0 Å². The van der Waals surface area contributed by atoms with Crippen LogP contribution >= 0.6 is 22.3 Å². The first-order valence-corrected chi connectivity index (χ1v) is 9.12. The van der Waals surface area contributed by atoms with Gasteiger partial charge in [0.15, 0.2) is 5.75 Å². The molecule has 0 heterocycles. The predicted octanol–water partition coefficient (Wildman–Crippen LogP) is 2.81. The molecule has 0 aliphatic heterocycles. The lowest BCUT2D eigenvalue weighted by Crippen LogP contribution is -2.32. The molecule has 0 radical (unpaired) electrons. The lowest BCUT2D eigenvalue weighted by molar-refractivity contribution is 0.0935. The topological polar surface area (TPSA) is 72.5 Å². The zero-order chi connectivity index (χ0) is 15.6. The van der Waals surface area contributed by atoms with Gasteiger partial charge < -0.3 is 10.1 Å². The van der Waals surface area contributed by atoms with Gasteiger partial charge in [0, 0.05) is 22.2 Å². The Morgan fingerprint density at radius 1 is 1.43 bits per heavy atom. The van der Waals surface area contributed by atoms with Gasteiger partial charge in [-0.3, -0.25) is 4.79 Å². The van der Waals surface area contributed by atoms with E-state index in [0.29, 0.717) is 12.5 Å². The molecule has 0 unspecified atom stereocenters. The molecular weight excluding hydrogens is 337 g/mol. The Hall–Kier alpha value is -0.980. The van der Waals surface area contributed by atoms with E-state index in [0.717, 1.165) is 18.9 Å². The van der Waals surface area contributed by atoms with Gasteiger partial charge in [0.2, 0.25) is 0 Å². The first-order valence-electron chi connectivity index (χ1n) is 6.43. The Morgan fingerprint density at radius 3 is 2.57 bits per heavy atom. The standard InChI is InChI=1S/C13H15Cl2NO4S/c1-20-12-10(13(17)16-7-8-3-2-4-8)5-9(14)6-11(12)21(15,18)19/h5-6,8H,2-4,7H2,1H3,(H,16,17). The molecule has 0 aromatic heterocycles. The van der Waals surface area contributed by atoms with Crippen LogP contribution in [0.5, 0.6) is 5.75 Å². The number of carbonyl (C=O) groups is 1. The molecule has 1 aliphatic rings. The Labute approximate surface area is 133 Å². The second-order valence-electron chi connectivity index (χ2n) is 4.93. The molecule has 0 bridgehead atoms. The van der Waals surface area contributed by atoms with E-state index in [4.69, 9.17) is 27.0 Å². The molecule has 1 aliphatic carbocycles. The van der Waals surface area contributed by atoms with Crippen molar-refractivity contribution in [1.29, 1.82) is 0 Å². The third-order valence-electron chi connectivity index (χ3n) is 3.51. The zero-order valence-electron chi connectivity index (χ0n) is 11.4. The fraction of sp³-hybridized carbons (Fsp3) is 0.462. The summed E-state index contributed by atoms with van der Waals surface area (Å²) in [5, 5.41) is 2.87. The molecule has 0 spiro atoms. The summed E-state index contributed by atoms with van der Waals surface area (Å²) in [4.78, 5) is 11.9. The molecule has 0 atom stereocenters. The van der Waals surface area contributed by atoms with Crippen LogP contribution in [0.1, 0.15) is 29.6 Å². The number of nitrogens with one attached hydrogen (secondary N) is 1. The van der Waals surface area contributed by atoms with Crippen LogP contribution in [0.3, 0.4) is 0 Å². The van der Waals surface area contributed by atoms with Crippen LogP contribution in [0.25, 0.3) is 0 Å². The molecule has 1 fully saturated rings. The predicted molar refractivity (Wildman–Crippen MR) is 80.7 cm³/mol. The van der Waals surface area contributed by atoms with Gasteiger partial charge in [0.1, 0.15) is 4.90 Å². The highest BCUT2D eigenvalue weighted by Gasteiger charge is 2.25. The lowest BCUT2D eigenvalue weighted by atomic mass is 9.85. The minimum absolute atomic E-state index is 0.0588. The third-order valence-corrected chi connectivity index (χ3v) is 5.05. The molecule has 21 heavy (non-hydrogen) atoms. The van der Waals surface area contributed by atoms with Gasteiger partial charge in [-0.2, -0.15) is 0 Å². The lowest BCUT2D eigenvalue weighted by Gasteiger charge is -2.25. The van der Waals surface area contributed by atoms with Crippen molar-refractivity contribution in [3.8, 4) is 5.75 Å². The van der Waals surface area contributed by atoms with Crippen molar-refractivity contribution in [3.05, 3.63) is 22.7 Å². The van der Waals surface area contributed by atoms with Gasteiger partial charge in [-0.05, 0) is 30.9 Å². The SMILES string of the molecule is COc1c(C(=O)NCC2CCC2)cc(Cl)cc1S(=O)(=O)Cl. The van der Waals surface area contributed by atoms with Crippen molar-refractivity contribution in [3.63, 3.8) is 0 Å². The summed E-state index contributed by atoms with van der Waals surface area (Å²) >= 11 is 5.87.